The van der Waals surface area contributed by atoms with Crippen LogP contribution in [0.3, 0.4) is 0 Å². The number of carbonyl (C=O) groups excluding carboxylic acids is 1. The predicted molar refractivity (Wildman–Crippen MR) is 81.7 cm³/mol. The molecular formula is C17H14F2N2O3. The van der Waals surface area contributed by atoms with Crippen molar-refractivity contribution in [3.8, 4) is 17.6 Å². The van der Waals surface area contributed by atoms with Crippen LogP contribution in [0, 0.1) is 23.0 Å². The van der Waals surface area contributed by atoms with E-state index < -0.39 is 29.1 Å². The number of methoxy groups -OCH3 is 2. The van der Waals surface area contributed by atoms with E-state index in [0.717, 1.165) is 18.2 Å². The van der Waals surface area contributed by atoms with Gasteiger partial charge in [0.15, 0.2) is 11.5 Å². The monoisotopic (exact) mass is 332 g/mol. The lowest BCUT2D eigenvalue weighted by molar-refractivity contribution is 0.0940. The molecule has 2 aromatic rings. The summed E-state index contributed by atoms with van der Waals surface area (Å²) in [6.45, 7) is 0. The van der Waals surface area contributed by atoms with Crippen LogP contribution in [-0.2, 0) is 0 Å². The van der Waals surface area contributed by atoms with Gasteiger partial charge in [-0.15, -0.1) is 0 Å². The van der Waals surface area contributed by atoms with Gasteiger partial charge >= 0.3 is 0 Å². The van der Waals surface area contributed by atoms with E-state index in [9.17, 15) is 18.8 Å². The molecule has 7 heteroatoms. The average molecular weight is 332 g/mol. The molecule has 24 heavy (non-hydrogen) atoms. The molecule has 124 valence electrons. The highest BCUT2D eigenvalue weighted by molar-refractivity contribution is 5.95. The van der Waals surface area contributed by atoms with Crippen molar-refractivity contribution < 1.29 is 23.0 Å². The minimum Gasteiger partial charge on any atom is -0.493 e. The summed E-state index contributed by atoms with van der Waals surface area (Å²) in [6, 6.07) is 8.09. The van der Waals surface area contributed by atoms with Crippen molar-refractivity contribution in [2.45, 2.75) is 6.04 Å². The number of para-hydroxylation sites is 1. The van der Waals surface area contributed by atoms with Crippen molar-refractivity contribution >= 4 is 5.91 Å². The van der Waals surface area contributed by atoms with Gasteiger partial charge in [-0.1, -0.05) is 12.1 Å². The number of nitrogens with one attached hydrogen (secondary N) is 1. The summed E-state index contributed by atoms with van der Waals surface area (Å²) in [4.78, 5) is 12.2. The Hall–Kier alpha value is -3.14. The lowest BCUT2D eigenvalue weighted by atomic mass is 10.1. The molecule has 0 aliphatic heterocycles. The summed E-state index contributed by atoms with van der Waals surface area (Å²) in [6.07, 6.45) is 0. The molecule has 0 saturated heterocycles. The Morgan fingerprint density at radius 2 is 1.96 bits per heavy atom. The number of carbonyl (C=O) groups is 1. The van der Waals surface area contributed by atoms with E-state index in [1.165, 1.54) is 14.2 Å². The highest BCUT2D eigenvalue weighted by Gasteiger charge is 2.23. The Bertz CT molecular complexity index is 803. The lowest BCUT2D eigenvalue weighted by Crippen LogP contribution is -2.28. The molecule has 1 unspecified atom stereocenters. The molecule has 5 nitrogen and oxygen atoms in total. The van der Waals surface area contributed by atoms with Crippen molar-refractivity contribution in [3.63, 3.8) is 0 Å². The molecule has 1 amide bonds. The fourth-order valence-electron chi connectivity index (χ4n) is 2.20. The van der Waals surface area contributed by atoms with Crippen molar-refractivity contribution in [2.24, 2.45) is 0 Å². The van der Waals surface area contributed by atoms with Gasteiger partial charge in [0, 0.05) is 5.56 Å². The fraction of sp³-hybridized carbons (Fsp3) is 0.176. The van der Waals surface area contributed by atoms with Gasteiger partial charge < -0.3 is 14.8 Å². The molecule has 0 aromatic heterocycles. The molecule has 0 radical (unpaired) electrons. The molecule has 1 N–H and O–H groups in total. The molecule has 0 bridgehead atoms. The second kappa shape index (κ2) is 7.42. The van der Waals surface area contributed by atoms with Crippen molar-refractivity contribution in [2.75, 3.05) is 14.2 Å². The van der Waals surface area contributed by atoms with E-state index in [1.807, 2.05) is 6.07 Å². The van der Waals surface area contributed by atoms with Crippen LogP contribution >= 0.6 is 0 Å². The molecule has 0 fully saturated rings. The largest absolute Gasteiger partial charge is 0.493 e. The van der Waals surface area contributed by atoms with Gasteiger partial charge in [0.25, 0.3) is 5.91 Å². The first-order chi connectivity index (χ1) is 11.5. The standard InChI is InChI=1S/C17H14F2N2O3/c1-23-15-5-3-4-11(16(15)24-2)14(9-20)21-17(22)12-8-10(18)6-7-13(12)19/h3-8,14H,1-2H3,(H,21,22). The van der Waals surface area contributed by atoms with E-state index in [-0.39, 0.29) is 5.75 Å². The van der Waals surface area contributed by atoms with Crippen molar-refractivity contribution in [3.05, 3.63) is 59.2 Å². The number of hydrogen-bond acceptors (Lipinski definition) is 4. The quantitative estimate of drug-likeness (QED) is 0.914. The summed E-state index contributed by atoms with van der Waals surface area (Å²) >= 11 is 0. The third-order valence-electron chi connectivity index (χ3n) is 3.32. The Balaban J connectivity index is 2.35. The maximum atomic E-state index is 13.7. The minimum absolute atomic E-state index is 0.270. The minimum atomic E-state index is -1.13. The number of benzene rings is 2. The van der Waals surface area contributed by atoms with E-state index in [1.54, 1.807) is 18.2 Å². The molecule has 0 saturated carbocycles. The summed E-state index contributed by atoms with van der Waals surface area (Å²) in [5.74, 6) is -1.91. The second-order valence-electron chi connectivity index (χ2n) is 4.74. The SMILES string of the molecule is COc1cccc(C(C#N)NC(=O)c2cc(F)ccc2F)c1OC. The van der Waals surface area contributed by atoms with Gasteiger partial charge in [-0.05, 0) is 24.3 Å². The van der Waals surface area contributed by atoms with E-state index in [4.69, 9.17) is 9.47 Å². The van der Waals surface area contributed by atoms with Crippen LogP contribution in [0.2, 0.25) is 0 Å². The average Bonchev–Trinajstić information content (AvgIpc) is 2.60. The van der Waals surface area contributed by atoms with Crippen LogP contribution in [0.25, 0.3) is 0 Å². The molecule has 0 heterocycles. The first-order valence-corrected chi connectivity index (χ1v) is 6.88. The van der Waals surface area contributed by atoms with Crippen LogP contribution < -0.4 is 14.8 Å². The number of ether oxygens (including phenoxy) is 2. The topological polar surface area (TPSA) is 71.3 Å². The zero-order valence-electron chi connectivity index (χ0n) is 13.0. The molecule has 2 rings (SSSR count). The number of rotatable bonds is 5. The lowest BCUT2D eigenvalue weighted by Gasteiger charge is -2.17. The van der Waals surface area contributed by atoms with Crippen molar-refractivity contribution in [1.29, 1.82) is 5.26 Å². The van der Waals surface area contributed by atoms with E-state index in [2.05, 4.69) is 5.32 Å². The maximum Gasteiger partial charge on any atom is 0.255 e. The fourth-order valence-corrected chi connectivity index (χ4v) is 2.20. The highest BCUT2D eigenvalue weighted by atomic mass is 19.1. The van der Waals surface area contributed by atoms with E-state index >= 15 is 0 Å². The van der Waals surface area contributed by atoms with Crippen LogP contribution in [0.1, 0.15) is 22.0 Å². The zero-order chi connectivity index (χ0) is 17.7. The van der Waals surface area contributed by atoms with Gasteiger partial charge in [0.2, 0.25) is 0 Å². The first kappa shape index (κ1) is 17.2. The number of hydrogen-bond donors (Lipinski definition) is 1. The van der Waals surface area contributed by atoms with Crippen LogP contribution in [0.4, 0.5) is 8.78 Å². The second-order valence-corrected chi connectivity index (χ2v) is 4.74. The molecule has 0 spiro atoms. The molecule has 0 aliphatic carbocycles. The van der Waals surface area contributed by atoms with Gasteiger partial charge in [-0.3, -0.25) is 4.79 Å². The van der Waals surface area contributed by atoms with Crippen LogP contribution in [0.5, 0.6) is 11.5 Å². The number of amides is 1. The molecule has 2 aromatic carbocycles. The Morgan fingerprint density at radius 1 is 1.21 bits per heavy atom. The third-order valence-corrected chi connectivity index (χ3v) is 3.32. The normalized spacial score (nSPS) is 11.3. The molecule has 1 atom stereocenters. The summed E-state index contributed by atoms with van der Waals surface area (Å²) < 4.78 is 37.3. The number of halogens is 2. The Labute approximate surface area is 137 Å². The summed E-state index contributed by atoms with van der Waals surface area (Å²) in [7, 11) is 2.83. The van der Waals surface area contributed by atoms with Gasteiger partial charge in [0.05, 0.1) is 25.9 Å². The zero-order valence-corrected chi connectivity index (χ0v) is 13.0. The first-order valence-electron chi connectivity index (χ1n) is 6.88. The summed E-state index contributed by atoms with van der Waals surface area (Å²) in [5, 5.41) is 11.7. The maximum absolute atomic E-state index is 13.7. The summed E-state index contributed by atoms with van der Waals surface area (Å²) in [5.41, 5.74) is -0.151. The molecular weight excluding hydrogens is 318 g/mol. The van der Waals surface area contributed by atoms with Gasteiger partial charge in [-0.2, -0.15) is 5.26 Å². The number of nitriles is 1. The van der Waals surface area contributed by atoms with Gasteiger partial charge in [-0.25, -0.2) is 8.78 Å². The predicted octanol–water partition coefficient (Wildman–Crippen LogP) is 2.98. The third kappa shape index (κ3) is 3.43. The Morgan fingerprint density at radius 3 is 2.58 bits per heavy atom. The van der Waals surface area contributed by atoms with Crippen LogP contribution in [-0.4, -0.2) is 20.1 Å². The van der Waals surface area contributed by atoms with Gasteiger partial charge in [0.1, 0.15) is 17.7 Å². The van der Waals surface area contributed by atoms with Crippen LogP contribution in [0.15, 0.2) is 36.4 Å². The molecule has 0 aliphatic rings. The highest BCUT2D eigenvalue weighted by Crippen LogP contribution is 2.34. The smallest absolute Gasteiger partial charge is 0.255 e. The number of nitrogens with zero attached hydrogens (tertiary/aromatic N) is 1. The van der Waals surface area contributed by atoms with Crippen molar-refractivity contribution in [1.82, 2.24) is 5.32 Å². The Kier molecular flexibility index (Phi) is 5.32. The van der Waals surface area contributed by atoms with E-state index in [0.29, 0.717) is 11.3 Å².